The molecule has 0 unspecified atom stereocenters. The van der Waals surface area contributed by atoms with Gasteiger partial charge >= 0.3 is 0 Å². The van der Waals surface area contributed by atoms with Crippen molar-refractivity contribution in [2.75, 3.05) is 6.61 Å². The van der Waals surface area contributed by atoms with Gasteiger partial charge in [0.05, 0.1) is 12.8 Å². The third kappa shape index (κ3) is 3.53. The zero-order valence-corrected chi connectivity index (χ0v) is 13.8. The fourth-order valence-corrected chi connectivity index (χ4v) is 2.36. The van der Waals surface area contributed by atoms with Crippen LogP contribution >= 0.6 is 0 Å². The number of ether oxygens (including phenoxy) is 1. The Morgan fingerprint density at radius 3 is 2.58 bits per heavy atom. The second kappa shape index (κ2) is 7.12. The highest BCUT2D eigenvalue weighted by Gasteiger charge is 2.11. The second-order valence-corrected chi connectivity index (χ2v) is 5.39. The quantitative estimate of drug-likeness (QED) is 0.757. The lowest BCUT2D eigenvalue weighted by Crippen LogP contribution is -2.23. The first-order chi connectivity index (χ1) is 11.7. The predicted molar refractivity (Wildman–Crippen MR) is 91.1 cm³/mol. The lowest BCUT2D eigenvalue weighted by atomic mass is 10.1. The number of nitrogens with zero attached hydrogens (tertiary/aromatic N) is 3. The van der Waals surface area contributed by atoms with E-state index in [0.717, 1.165) is 12.0 Å². The van der Waals surface area contributed by atoms with Crippen LogP contribution in [0, 0.1) is 0 Å². The van der Waals surface area contributed by atoms with Crippen LogP contribution in [0.2, 0.25) is 0 Å². The average molecular weight is 324 g/mol. The summed E-state index contributed by atoms with van der Waals surface area (Å²) < 4.78 is 6.90. The molecule has 2 aromatic heterocycles. The summed E-state index contributed by atoms with van der Waals surface area (Å²) >= 11 is 0. The molecule has 0 atom stereocenters. The molecule has 0 aliphatic carbocycles. The molecule has 124 valence electrons. The number of hydrogen-bond acceptors (Lipinski definition) is 4. The van der Waals surface area contributed by atoms with E-state index in [4.69, 9.17) is 4.74 Å². The van der Waals surface area contributed by atoms with E-state index in [-0.39, 0.29) is 5.91 Å². The molecule has 0 spiro atoms. The summed E-state index contributed by atoms with van der Waals surface area (Å²) in [4.78, 5) is 16.6. The van der Waals surface area contributed by atoms with E-state index in [0.29, 0.717) is 30.4 Å². The van der Waals surface area contributed by atoms with Crippen LogP contribution in [-0.4, -0.2) is 27.1 Å². The van der Waals surface area contributed by atoms with E-state index >= 15 is 0 Å². The lowest BCUT2D eigenvalue weighted by Gasteiger charge is -2.04. The van der Waals surface area contributed by atoms with Crippen molar-refractivity contribution in [3.63, 3.8) is 0 Å². The van der Waals surface area contributed by atoms with Crippen molar-refractivity contribution in [1.29, 1.82) is 0 Å². The Balaban J connectivity index is 1.68. The molecule has 2 heterocycles. The van der Waals surface area contributed by atoms with Crippen molar-refractivity contribution in [2.45, 2.75) is 26.8 Å². The summed E-state index contributed by atoms with van der Waals surface area (Å²) in [6.45, 7) is 5.02. The standard InChI is InChI=1S/C18H20N4O2/c1-3-13-5-7-14(8-6-13)11-19-18(23)15-12-22-16(20-15)9-10-17(21-22)24-4-2/h5-10,12H,3-4,11H2,1-2H3,(H,19,23). The molecule has 0 radical (unpaired) electrons. The van der Waals surface area contributed by atoms with Gasteiger partial charge in [0.25, 0.3) is 5.91 Å². The van der Waals surface area contributed by atoms with Crippen molar-refractivity contribution in [3.8, 4) is 5.88 Å². The van der Waals surface area contributed by atoms with Crippen molar-refractivity contribution >= 4 is 11.6 Å². The molecule has 0 saturated carbocycles. The third-order valence-corrected chi connectivity index (χ3v) is 3.70. The van der Waals surface area contributed by atoms with Crippen LogP contribution < -0.4 is 10.1 Å². The van der Waals surface area contributed by atoms with Gasteiger partial charge in [-0.3, -0.25) is 4.79 Å². The van der Waals surface area contributed by atoms with Crippen molar-refractivity contribution in [2.24, 2.45) is 0 Å². The van der Waals surface area contributed by atoms with E-state index in [1.165, 1.54) is 5.56 Å². The zero-order valence-electron chi connectivity index (χ0n) is 13.8. The minimum Gasteiger partial charge on any atom is -0.477 e. The Labute approximate surface area is 140 Å². The number of nitrogens with one attached hydrogen (secondary N) is 1. The summed E-state index contributed by atoms with van der Waals surface area (Å²) in [6.07, 6.45) is 2.61. The Morgan fingerprint density at radius 2 is 1.88 bits per heavy atom. The highest BCUT2D eigenvalue weighted by molar-refractivity contribution is 5.92. The normalized spacial score (nSPS) is 10.8. The Kier molecular flexibility index (Phi) is 4.74. The molecule has 3 aromatic rings. The topological polar surface area (TPSA) is 68.5 Å². The maximum Gasteiger partial charge on any atom is 0.271 e. The van der Waals surface area contributed by atoms with Crippen molar-refractivity contribution in [1.82, 2.24) is 19.9 Å². The molecule has 3 rings (SSSR count). The van der Waals surface area contributed by atoms with Gasteiger partial charge in [-0.25, -0.2) is 9.50 Å². The van der Waals surface area contributed by atoms with Gasteiger partial charge in [-0.1, -0.05) is 31.2 Å². The molecular formula is C18H20N4O2. The van der Waals surface area contributed by atoms with Gasteiger partial charge in [-0.2, -0.15) is 0 Å². The number of rotatable bonds is 6. The van der Waals surface area contributed by atoms with Crippen LogP contribution in [0.25, 0.3) is 5.65 Å². The summed E-state index contributed by atoms with van der Waals surface area (Å²) in [5, 5.41) is 7.14. The monoisotopic (exact) mass is 324 g/mol. The number of aromatic nitrogens is 3. The van der Waals surface area contributed by atoms with E-state index in [9.17, 15) is 4.79 Å². The van der Waals surface area contributed by atoms with E-state index in [1.54, 1.807) is 22.8 Å². The van der Waals surface area contributed by atoms with Crippen molar-refractivity contribution < 1.29 is 9.53 Å². The molecular weight excluding hydrogens is 304 g/mol. The lowest BCUT2D eigenvalue weighted by molar-refractivity contribution is 0.0946. The number of hydrogen-bond donors (Lipinski definition) is 1. The maximum atomic E-state index is 12.3. The first-order valence-corrected chi connectivity index (χ1v) is 8.05. The van der Waals surface area contributed by atoms with E-state index in [2.05, 4.69) is 34.5 Å². The molecule has 6 heteroatoms. The Morgan fingerprint density at radius 1 is 1.12 bits per heavy atom. The van der Waals surface area contributed by atoms with Crippen LogP contribution in [0.1, 0.15) is 35.5 Å². The number of amides is 1. The van der Waals surface area contributed by atoms with Crippen LogP contribution in [-0.2, 0) is 13.0 Å². The molecule has 0 aliphatic heterocycles. The van der Waals surface area contributed by atoms with Gasteiger partial charge in [-0.15, -0.1) is 5.10 Å². The van der Waals surface area contributed by atoms with E-state index < -0.39 is 0 Å². The minimum absolute atomic E-state index is 0.224. The van der Waals surface area contributed by atoms with Crippen LogP contribution in [0.3, 0.4) is 0 Å². The van der Waals surface area contributed by atoms with Gasteiger partial charge < -0.3 is 10.1 Å². The zero-order chi connectivity index (χ0) is 16.9. The first-order valence-electron chi connectivity index (χ1n) is 8.05. The van der Waals surface area contributed by atoms with Crippen LogP contribution in [0.15, 0.2) is 42.6 Å². The van der Waals surface area contributed by atoms with Gasteiger partial charge in [0.2, 0.25) is 5.88 Å². The second-order valence-electron chi connectivity index (χ2n) is 5.39. The highest BCUT2D eigenvalue weighted by Crippen LogP contribution is 2.10. The molecule has 24 heavy (non-hydrogen) atoms. The van der Waals surface area contributed by atoms with Crippen LogP contribution in [0.5, 0.6) is 5.88 Å². The molecule has 0 fully saturated rings. The molecule has 1 amide bonds. The van der Waals surface area contributed by atoms with E-state index in [1.807, 2.05) is 19.1 Å². The minimum atomic E-state index is -0.224. The fourth-order valence-electron chi connectivity index (χ4n) is 2.36. The average Bonchev–Trinajstić information content (AvgIpc) is 3.04. The molecule has 0 saturated heterocycles. The first kappa shape index (κ1) is 16.0. The third-order valence-electron chi connectivity index (χ3n) is 3.70. The summed E-state index contributed by atoms with van der Waals surface area (Å²) in [5.74, 6) is 0.281. The number of aryl methyl sites for hydroxylation is 1. The SMILES string of the molecule is CCOc1ccc2nc(C(=O)NCc3ccc(CC)cc3)cn2n1. The van der Waals surface area contributed by atoms with Crippen LogP contribution in [0.4, 0.5) is 0 Å². The number of fused-ring (bicyclic) bond motifs is 1. The number of imidazole rings is 1. The Hall–Kier alpha value is -2.89. The summed E-state index contributed by atoms with van der Waals surface area (Å²) in [5.41, 5.74) is 3.28. The summed E-state index contributed by atoms with van der Waals surface area (Å²) in [6, 6.07) is 11.7. The predicted octanol–water partition coefficient (Wildman–Crippen LogP) is 2.62. The molecule has 0 aliphatic rings. The number of carbonyl (C=O) groups is 1. The number of benzene rings is 1. The fraction of sp³-hybridized carbons (Fsp3) is 0.278. The highest BCUT2D eigenvalue weighted by atomic mass is 16.5. The smallest absolute Gasteiger partial charge is 0.271 e. The molecule has 1 aromatic carbocycles. The number of carbonyl (C=O) groups excluding carboxylic acids is 1. The Bertz CT molecular complexity index is 840. The van der Waals surface area contributed by atoms with Crippen molar-refractivity contribution in [3.05, 3.63) is 59.4 Å². The maximum absolute atomic E-state index is 12.3. The van der Waals surface area contributed by atoms with Gasteiger partial charge in [0, 0.05) is 12.6 Å². The van der Waals surface area contributed by atoms with Gasteiger partial charge in [0.1, 0.15) is 5.69 Å². The molecule has 1 N–H and O–H groups in total. The van der Waals surface area contributed by atoms with Gasteiger partial charge in [0.15, 0.2) is 5.65 Å². The summed E-state index contributed by atoms with van der Waals surface area (Å²) in [7, 11) is 0. The largest absolute Gasteiger partial charge is 0.477 e. The molecule has 6 nitrogen and oxygen atoms in total. The molecule has 0 bridgehead atoms. The van der Waals surface area contributed by atoms with Gasteiger partial charge in [-0.05, 0) is 30.5 Å².